The Bertz CT molecular complexity index is 453. The molecular weight excluding hydrogens is 246 g/mol. The van der Waals surface area contributed by atoms with E-state index in [1.165, 1.54) is 0 Å². The van der Waals surface area contributed by atoms with E-state index in [-0.39, 0.29) is 11.4 Å². The van der Waals surface area contributed by atoms with Crippen molar-refractivity contribution in [2.75, 3.05) is 0 Å². The number of urea groups is 1. The van der Waals surface area contributed by atoms with Gasteiger partial charge in [-0.1, -0.05) is 18.3 Å². The van der Waals surface area contributed by atoms with Crippen molar-refractivity contribution in [3.8, 4) is 0 Å². The summed E-state index contributed by atoms with van der Waals surface area (Å²) in [4.78, 5) is 35.1. The molecule has 0 aliphatic heterocycles. The molecule has 0 radical (unpaired) electrons. The number of carbonyl (C=O) groups is 2. The Morgan fingerprint density at radius 2 is 2.29 bits per heavy atom. The summed E-state index contributed by atoms with van der Waals surface area (Å²) >= 11 is 1.00. The number of hydrogen-bond donors (Lipinski definition) is 4. The molecule has 0 aliphatic rings. The summed E-state index contributed by atoms with van der Waals surface area (Å²) in [6.07, 6.45) is 0.304. The number of hydrogen-bond acceptors (Lipinski definition) is 4. The van der Waals surface area contributed by atoms with Crippen LogP contribution in [-0.2, 0) is 11.3 Å². The zero-order valence-corrected chi connectivity index (χ0v) is 9.97. The van der Waals surface area contributed by atoms with Crippen LogP contribution in [0.5, 0.6) is 0 Å². The topological polar surface area (TPSA) is 111 Å². The van der Waals surface area contributed by atoms with Crippen molar-refractivity contribution >= 4 is 23.3 Å². The highest BCUT2D eigenvalue weighted by atomic mass is 32.1. The zero-order valence-electron chi connectivity index (χ0n) is 9.15. The molecule has 7 nitrogen and oxygen atoms in total. The number of aromatic amines is 1. The molecule has 1 heterocycles. The molecule has 0 fully saturated rings. The molecule has 0 aromatic carbocycles. The van der Waals surface area contributed by atoms with Gasteiger partial charge in [0.1, 0.15) is 6.04 Å². The summed E-state index contributed by atoms with van der Waals surface area (Å²) in [6, 6.07) is -1.48. The number of carboxylic acid groups (broad SMARTS) is 1. The standard InChI is InChI=1S/C9H13N3O4S/c1-2-6(7(13)14)12-8(15)10-3-5-4-17-9(16)11-5/h4,6H,2-3H2,1H3,(H,11,16)(H,13,14)(H2,10,12,15)/t6-/m0/s1. The summed E-state index contributed by atoms with van der Waals surface area (Å²) in [5, 5.41) is 15.1. The molecule has 0 unspecified atom stereocenters. The second-order valence-electron chi connectivity index (χ2n) is 3.30. The van der Waals surface area contributed by atoms with E-state index in [0.717, 1.165) is 11.3 Å². The van der Waals surface area contributed by atoms with E-state index in [1.807, 2.05) is 0 Å². The molecule has 0 aliphatic carbocycles. The van der Waals surface area contributed by atoms with Crippen molar-refractivity contribution in [1.29, 1.82) is 0 Å². The molecule has 0 bridgehead atoms. The van der Waals surface area contributed by atoms with Crippen LogP contribution in [0.15, 0.2) is 10.2 Å². The van der Waals surface area contributed by atoms with Gasteiger partial charge in [0.25, 0.3) is 0 Å². The lowest BCUT2D eigenvalue weighted by Crippen LogP contribution is -2.45. The summed E-state index contributed by atoms with van der Waals surface area (Å²) < 4.78 is 0. The maximum atomic E-state index is 11.3. The first-order valence-corrected chi connectivity index (χ1v) is 5.84. The predicted molar refractivity (Wildman–Crippen MR) is 62.0 cm³/mol. The molecule has 94 valence electrons. The molecule has 4 N–H and O–H groups in total. The van der Waals surface area contributed by atoms with Gasteiger partial charge in [-0.25, -0.2) is 9.59 Å². The molecule has 1 rings (SSSR count). The van der Waals surface area contributed by atoms with E-state index in [9.17, 15) is 14.4 Å². The molecule has 0 saturated carbocycles. The molecular formula is C9H13N3O4S. The van der Waals surface area contributed by atoms with E-state index in [0.29, 0.717) is 12.1 Å². The first-order chi connectivity index (χ1) is 8.02. The number of H-pyrrole nitrogens is 1. The molecule has 0 spiro atoms. The monoisotopic (exact) mass is 259 g/mol. The number of aromatic nitrogens is 1. The fraction of sp³-hybridized carbons (Fsp3) is 0.444. The highest BCUT2D eigenvalue weighted by Gasteiger charge is 2.16. The van der Waals surface area contributed by atoms with Crippen LogP contribution < -0.4 is 15.5 Å². The molecule has 1 aromatic heterocycles. The van der Waals surface area contributed by atoms with Crippen LogP contribution >= 0.6 is 11.3 Å². The lowest BCUT2D eigenvalue weighted by molar-refractivity contribution is -0.139. The van der Waals surface area contributed by atoms with Gasteiger partial charge in [-0.3, -0.25) is 4.79 Å². The third-order valence-electron chi connectivity index (χ3n) is 2.02. The van der Waals surface area contributed by atoms with Crippen molar-refractivity contribution < 1.29 is 14.7 Å². The molecule has 8 heteroatoms. The SMILES string of the molecule is CC[C@H](NC(=O)NCc1csc(=O)[nH]1)C(=O)O. The van der Waals surface area contributed by atoms with Crippen molar-refractivity contribution in [2.24, 2.45) is 0 Å². The van der Waals surface area contributed by atoms with Gasteiger partial charge < -0.3 is 20.7 Å². The van der Waals surface area contributed by atoms with Gasteiger partial charge in [0, 0.05) is 11.1 Å². The maximum Gasteiger partial charge on any atom is 0.326 e. The minimum atomic E-state index is -1.08. The van der Waals surface area contributed by atoms with Crippen LogP contribution in [-0.4, -0.2) is 28.1 Å². The predicted octanol–water partition coefficient (Wildman–Crippen LogP) is 0.0988. The highest BCUT2D eigenvalue weighted by molar-refractivity contribution is 7.07. The molecule has 2 amide bonds. The van der Waals surface area contributed by atoms with E-state index < -0.39 is 18.0 Å². The Morgan fingerprint density at radius 3 is 2.76 bits per heavy atom. The average molecular weight is 259 g/mol. The van der Waals surface area contributed by atoms with Gasteiger partial charge in [0.05, 0.1) is 6.54 Å². The first kappa shape index (κ1) is 13.2. The van der Waals surface area contributed by atoms with E-state index >= 15 is 0 Å². The number of amides is 2. The van der Waals surface area contributed by atoms with Crippen LogP contribution in [0.1, 0.15) is 19.0 Å². The number of thiazole rings is 1. The van der Waals surface area contributed by atoms with E-state index in [2.05, 4.69) is 15.6 Å². The van der Waals surface area contributed by atoms with E-state index in [4.69, 9.17) is 5.11 Å². The first-order valence-electron chi connectivity index (χ1n) is 4.96. The fourth-order valence-corrected chi connectivity index (χ4v) is 1.71. The number of nitrogens with one attached hydrogen (secondary N) is 3. The number of carbonyl (C=O) groups excluding carboxylic acids is 1. The Kier molecular flexibility index (Phi) is 4.70. The van der Waals surface area contributed by atoms with Gasteiger partial charge in [0.15, 0.2) is 0 Å². The Morgan fingerprint density at radius 1 is 1.59 bits per heavy atom. The zero-order chi connectivity index (χ0) is 12.8. The van der Waals surface area contributed by atoms with Crippen LogP contribution in [0, 0.1) is 0 Å². The summed E-state index contributed by atoms with van der Waals surface area (Å²) in [5.74, 6) is -1.08. The largest absolute Gasteiger partial charge is 0.480 e. The minimum absolute atomic E-state index is 0.153. The number of aliphatic carboxylic acids is 1. The smallest absolute Gasteiger partial charge is 0.326 e. The minimum Gasteiger partial charge on any atom is -0.480 e. The highest BCUT2D eigenvalue weighted by Crippen LogP contribution is 1.95. The number of rotatable bonds is 5. The second-order valence-corrected chi connectivity index (χ2v) is 4.14. The van der Waals surface area contributed by atoms with Crippen molar-refractivity contribution in [2.45, 2.75) is 25.9 Å². The molecule has 1 atom stereocenters. The van der Waals surface area contributed by atoms with Crippen molar-refractivity contribution in [1.82, 2.24) is 15.6 Å². The van der Waals surface area contributed by atoms with Gasteiger partial charge >= 0.3 is 16.9 Å². The van der Waals surface area contributed by atoms with Crippen LogP contribution in [0.3, 0.4) is 0 Å². The van der Waals surface area contributed by atoms with Crippen LogP contribution in [0.4, 0.5) is 4.79 Å². The third-order valence-corrected chi connectivity index (χ3v) is 2.74. The Balaban J connectivity index is 2.39. The molecule has 0 saturated heterocycles. The van der Waals surface area contributed by atoms with Crippen molar-refractivity contribution in [3.05, 3.63) is 20.7 Å². The lowest BCUT2D eigenvalue weighted by atomic mass is 10.2. The fourth-order valence-electron chi connectivity index (χ4n) is 1.12. The van der Waals surface area contributed by atoms with Crippen LogP contribution in [0.2, 0.25) is 0 Å². The Labute approximate surface area is 101 Å². The molecule has 17 heavy (non-hydrogen) atoms. The summed E-state index contributed by atoms with van der Waals surface area (Å²) in [6.45, 7) is 1.82. The van der Waals surface area contributed by atoms with Gasteiger partial charge in [-0.2, -0.15) is 0 Å². The lowest BCUT2D eigenvalue weighted by Gasteiger charge is -2.12. The Hall–Kier alpha value is -1.83. The summed E-state index contributed by atoms with van der Waals surface area (Å²) in [7, 11) is 0. The van der Waals surface area contributed by atoms with Crippen LogP contribution in [0.25, 0.3) is 0 Å². The maximum absolute atomic E-state index is 11.3. The normalized spacial score (nSPS) is 11.8. The molecule has 1 aromatic rings. The summed E-state index contributed by atoms with van der Waals surface area (Å²) in [5.41, 5.74) is 0.582. The quantitative estimate of drug-likeness (QED) is 0.600. The third kappa shape index (κ3) is 4.27. The average Bonchev–Trinajstić information content (AvgIpc) is 2.68. The van der Waals surface area contributed by atoms with Gasteiger partial charge in [-0.05, 0) is 6.42 Å². The van der Waals surface area contributed by atoms with E-state index in [1.54, 1.807) is 12.3 Å². The second kappa shape index (κ2) is 6.04. The van der Waals surface area contributed by atoms with Gasteiger partial charge in [0.2, 0.25) is 0 Å². The van der Waals surface area contributed by atoms with Crippen molar-refractivity contribution in [3.63, 3.8) is 0 Å². The number of carboxylic acids is 1. The van der Waals surface area contributed by atoms with Gasteiger partial charge in [-0.15, -0.1) is 0 Å².